The molecule has 0 radical (unpaired) electrons. The molecule has 0 spiro atoms. The zero-order valence-electron chi connectivity index (χ0n) is 18.9. The van der Waals surface area contributed by atoms with E-state index >= 15 is 0 Å². The third-order valence-corrected chi connectivity index (χ3v) is 6.80. The Balaban J connectivity index is 1.65. The predicted molar refractivity (Wildman–Crippen MR) is 120 cm³/mol. The van der Waals surface area contributed by atoms with Gasteiger partial charge >= 0.3 is 0 Å². The molecule has 0 atom stereocenters. The molecule has 1 aromatic heterocycles. The maximum atomic E-state index is 13.7. The molecule has 1 aliphatic heterocycles. The number of benzene rings is 1. The van der Waals surface area contributed by atoms with Gasteiger partial charge in [-0.1, -0.05) is 19.3 Å². The summed E-state index contributed by atoms with van der Waals surface area (Å²) in [4.78, 5) is 29.4. The van der Waals surface area contributed by atoms with Gasteiger partial charge in [0.1, 0.15) is 12.4 Å². The Bertz CT molecular complexity index is 953. The van der Waals surface area contributed by atoms with Gasteiger partial charge in [-0.05, 0) is 38.0 Å². The first-order chi connectivity index (χ1) is 15.0. The maximum Gasteiger partial charge on any atom is 0.256 e. The number of rotatable bonds is 5. The van der Waals surface area contributed by atoms with Gasteiger partial charge in [-0.2, -0.15) is 0 Å². The van der Waals surface area contributed by atoms with Crippen molar-refractivity contribution >= 4 is 22.7 Å². The number of hydrogen-bond donors (Lipinski definition) is 0. The lowest BCUT2D eigenvalue weighted by Crippen LogP contribution is -2.51. The summed E-state index contributed by atoms with van der Waals surface area (Å²) >= 11 is 0. The number of methoxy groups -OCH3 is 2. The summed E-state index contributed by atoms with van der Waals surface area (Å²) in [6.45, 7) is 4.31. The van der Waals surface area contributed by atoms with Gasteiger partial charge in [0.25, 0.3) is 5.91 Å². The molecular formula is C24H33N3O4. The zero-order chi connectivity index (χ0) is 22.0. The smallest absolute Gasteiger partial charge is 0.256 e. The van der Waals surface area contributed by atoms with Crippen LogP contribution in [0.15, 0.2) is 18.2 Å². The summed E-state index contributed by atoms with van der Waals surface area (Å²) in [5, 5.41) is 0.963. The van der Waals surface area contributed by atoms with Crippen LogP contribution < -0.4 is 4.74 Å². The molecule has 7 nitrogen and oxygen atoms in total. The van der Waals surface area contributed by atoms with Crippen LogP contribution in [-0.4, -0.2) is 73.2 Å². The number of ether oxygens (including phenoxy) is 2. The topological polar surface area (TPSA) is 64.0 Å². The first-order valence-corrected chi connectivity index (χ1v) is 11.3. The largest absolute Gasteiger partial charge is 0.497 e. The van der Waals surface area contributed by atoms with Crippen LogP contribution in [0.25, 0.3) is 10.9 Å². The van der Waals surface area contributed by atoms with E-state index in [1.54, 1.807) is 12.0 Å². The predicted octanol–water partition coefficient (Wildman–Crippen LogP) is 3.39. The molecule has 2 aliphatic rings. The number of piperazine rings is 1. The first kappa shape index (κ1) is 21.7. The van der Waals surface area contributed by atoms with E-state index in [1.807, 2.05) is 17.0 Å². The van der Waals surface area contributed by atoms with Crippen molar-refractivity contribution in [3.05, 3.63) is 29.5 Å². The molecule has 2 amide bonds. The lowest BCUT2D eigenvalue weighted by Gasteiger charge is -2.34. The zero-order valence-corrected chi connectivity index (χ0v) is 18.9. The van der Waals surface area contributed by atoms with Gasteiger partial charge < -0.3 is 23.8 Å². The normalized spacial score (nSPS) is 17.9. The van der Waals surface area contributed by atoms with E-state index in [-0.39, 0.29) is 18.4 Å². The number of carbonyl (C=O) groups excluding carboxylic acids is 2. The Labute approximate surface area is 183 Å². The molecule has 0 bridgehead atoms. The lowest BCUT2D eigenvalue weighted by molar-refractivity contribution is -0.136. The van der Waals surface area contributed by atoms with E-state index in [1.165, 1.54) is 26.4 Å². The highest BCUT2D eigenvalue weighted by Crippen LogP contribution is 2.37. The Kier molecular flexibility index (Phi) is 6.51. The molecule has 1 saturated heterocycles. The highest BCUT2D eigenvalue weighted by Gasteiger charge is 2.30. The van der Waals surface area contributed by atoms with E-state index in [0.29, 0.717) is 32.2 Å². The Morgan fingerprint density at radius 3 is 2.32 bits per heavy atom. The molecule has 0 unspecified atom stereocenters. The third-order valence-electron chi connectivity index (χ3n) is 6.80. The molecular weight excluding hydrogens is 394 g/mol. The van der Waals surface area contributed by atoms with Gasteiger partial charge in [-0.3, -0.25) is 9.59 Å². The van der Waals surface area contributed by atoms with Crippen molar-refractivity contribution in [2.45, 2.75) is 45.1 Å². The molecule has 31 heavy (non-hydrogen) atoms. The molecule has 1 aromatic carbocycles. The van der Waals surface area contributed by atoms with Gasteiger partial charge in [-0.15, -0.1) is 0 Å². The van der Waals surface area contributed by atoms with E-state index in [0.717, 1.165) is 40.8 Å². The van der Waals surface area contributed by atoms with Crippen molar-refractivity contribution in [1.29, 1.82) is 0 Å². The molecule has 0 N–H and O–H groups in total. The van der Waals surface area contributed by atoms with Gasteiger partial charge in [0, 0.05) is 55.9 Å². The van der Waals surface area contributed by atoms with E-state index in [9.17, 15) is 9.59 Å². The minimum Gasteiger partial charge on any atom is -0.497 e. The quantitative estimate of drug-likeness (QED) is 0.734. The van der Waals surface area contributed by atoms with Crippen LogP contribution in [0.3, 0.4) is 0 Å². The molecule has 2 heterocycles. The first-order valence-electron chi connectivity index (χ1n) is 11.3. The average Bonchev–Trinajstić information content (AvgIpc) is 3.10. The number of carbonyl (C=O) groups is 2. The summed E-state index contributed by atoms with van der Waals surface area (Å²) in [5.41, 5.74) is 2.93. The standard InChI is InChI=1S/C24H33N3O4/c1-17-23(24(29)26-13-11-25(12-14-26)22(28)16-30-2)20-15-19(31-3)9-10-21(20)27(17)18-7-5-4-6-8-18/h9-10,15,18H,4-8,11-14,16H2,1-3H3. The summed E-state index contributed by atoms with van der Waals surface area (Å²) in [6, 6.07) is 6.51. The van der Waals surface area contributed by atoms with Gasteiger partial charge in [0.05, 0.1) is 12.7 Å². The molecule has 1 saturated carbocycles. The number of hydrogen-bond acceptors (Lipinski definition) is 4. The minimum absolute atomic E-state index is 0.0237. The molecule has 1 aliphatic carbocycles. The second-order valence-corrected chi connectivity index (χ2v) is 8.61. The number of aromatic nitrogens is 1. The van der Waals surface area contributed by atoms with E-state index in [2.05, 4.69) is 17.6 Å². The molecule has 4 rings (SSSR count). The SMILES string of the molecule is COCC(=O)N1CCN(C(=O)c2c(C)n(C3CCCCC3)c3ccc(OC)cc23)CC1. The third kappa shape index (κ3) is 4.15. The summed E-state index contributed by atoms with van der Waals surface area (Å²) in [6.07, 6.45) is 6.08. The highest BCUT2D eigenvalue weighted by atomic mass is 16.5. The maximum absolute atomic E-state index is 13.7. The van der Waals surface area contributed by atoms with Crippen molar-refractivity contribution in [3.63, 3.8) is 0 Å². The van der Waals surface area contributed by atoms with E-state index in [4.69, 9.17) is 9.47 Å². The Hall–Kier alpha value is -2.54. The van der Waals surface area contributed by atoms with Crippen molar-refractivity contribution in [2.75, 3.05) is 47.0 Å². The molecule has 2 fully saturated rings. The van der Waals surface area contributed by atoms with E-state index < -0.39 is 0 Å². The number of nitrogens with zero attached hydrogens (tertiary/aromatic N) is 3. The molecule has 168 valence electrons. The highest BCUT2D eigenvalue weighted by molar-refractivity contribution is 6.09. The van der Waals surface area contributed by atoms with Crippen LogP contribution in [0.4, 0.5) is 0 Å². The average molecular weight is 428 g/mol. The van der Waals surface area contributed by atoms with Crippen molar-refractivity contribution < 1.29 is 19.1 Å². The number of fused-ring (bicyclic) bond motifs is 1. The monoisotopic (exact) mass is 427 g/mol. The summed E-state index contributed by atoms with van der Waals surface area (Å²) < 4.78 is 12.8. The van der Waals surface area contributed by atoms with Crippen LogP contribution in [0, 0.1) is 6.92 Å². The fourth-order valence-electron chi connectivity index (χ4n) is 5.16. The van der Waals surface area contributed by atoms with Crippen molar-refractivity contribution in [1.82, 2.24) is 14.4 Å². The summed E-state index contributed by atoms with van der Waals surface area (Å²) in [7, 11) is 3.18. The minimum atomic E-state index is -0.0237. The molecule has 2 aromatic rings. The Morgan fingerprint density at radius 1 is 1.00 bits per heavy atom. The van der Waals surface area contributed by atoms with Gasteiger partial charge in [0.2, 0.25) is 5.91 Å². The lowest BCUT2D eigenvalue weighted by atomic mass is 9.95. The van der Waals surface area contributed by atoms with Crippen LogP contribution in [-0.2, 0) is 9.53 Å². The van der Waals surface area contributed by atoms with Crippen LogP contribution in [0.1, 0.15) is 54.2 Å². The van der Waals surface area contributed by atoms with Crippen molar-refractivity contribution in [3.8, 4) is 5.75 Å². The van der Waals surface area contributed by atoms with Crippen LogP contribution in [0.5, 0.6) is 5.75 Å². The van der Waals surface area contributed by atoms with Crippen molar-refractivity contribution in [2.24, 2.45) is 0 Å². The van der Waals surface area contributed by atoms with Crippen LogP contribution >= 0.6 is 0 Å². The molecule has 7 heteroatoms. The van der Waals surface area contributed by atoms with Crippen LogP contribution in [0.2, 0.25) is 0 Å². The second-order valence-electron chi connectivity index (χ2n) is 8.61. The fourth-order valence-corrected chi connectivity index (χ4v) is 5.16. The fraction of sp³-hybridized carbons (Fsp3) is 0.583. The Morgan fingerprint density at radius 2 is 1.68 bits per heavy atom. The van der Waals surface area contributed by atoms with Gasteiger partial charge in [0.15, 0.2) is 0 Å². The van der Waals surface area contributed by atoms with Gasteiger partial charge in [-0.25, -0.2) is 0 Å². The number of amides is 2. The second kappa shape index (κ2) is 9.30. The summed E-state index contributed by atoms with van der Waals surface area (Å²) in [5.74, 6) is 0.783.